The van der Waals surface area contributed by atoms with Gasteiger partial charge in [0, 0.05) is 0 Å². The van der Waals surface area contributed by atoms with Crippen molar-refractivity contribution in [2.24, 2.45) is 29.1 Å². The minimum atomic E-state index is -0.727. The van der Waals surface area contributed by atoms with Crippen molar-refractivity contribution in [2.45, 2.75) is 84.7 Å². The number of nitrogens with zero attached hydrogens (tertiary/aromatic N) is 1. The zero-order valence-electron chi connectivity index (χ0n) is 14.4. The highest BCUT2D eigenvalue weighted by Gasteiger charge is 2.53. The van der Waals surface area contributed by atoms with E-state index in [4.69, 9.17) is 0 Å². The first kappa shape index (κ1) is 16.8. The van der Waals surface area contributed by atoms with Crippen LogP contribution in [0.4, 0.5) is 0 Å². The second-order valence-corrected chi connectivity index (χ2v) is 8.39. The summed E-state index contributed by atoms with van der Waals surface area (Å²) < 4.78 is 0. The molecule has 2 aliphatic rings. The molecular weight excluding hydrogens is 258 g/mol. The Morgan fingerprint density at radius 3 is 1.57 bits per heavy atom. The Kier molecular flexibility index (Phi) is 5.03. The normalized spacial score (nSPS) is 41.2. The Morgan fingerprint density at radius 2 is 1.24 bits per heavy atom. The van der Waals surface area contributed by atoms with Crippen LogP contribution in [0.2, 0.25) is 0 Å². The van der Waals surface area contributed by atoms with E-state index in [1.165, 1.54) is 0 Å². The van der Waals surface area contributed by atoms with Crippen LogP contribution in [0.3, 0.4) is 0 Å². The first-order valence-corrected chi connectivity index (χ1v) is 8.97. The summed E-state index contributed by atoms with van der Waals surface area (Å²) in [5.41, 5.74) is -1.20. The molecule has 2 aliphatic carbocycles. The van der Waals surface area contributed by atoms with Gasteiger partial charge in [-0.1, -0.05) is 27.7 Å². The Morgan fingerprint density at radius 1 is 0.857 bits per heavy atom. The number of aliphatic hydroxyl groups is 1. The average molecular weight is 291 g/mol. The molecule has 0 saturated heterocycles. The van der Waals surface area contributed by atoms with Gasteiger partial charge in [0.1, 0.15) is 0 Å². The number of hydrogen-bond acceptors (Lipinski definition) is 2. The third-order valence-corrected chi connectivity index (χ3v) is 6.73. The van der Waals surface area contributed by atoms with Crippen LogP contribution in [-0.4, -0.2) is 10.7 Å². The molecular formula is C19H33NO. The van der Waals surface area contributed by atoms with Crippen LogP contribution in [0.15, 0.2) is 0 Å². The maximum Gasteiger partial charge on any atom is 0.0860 e. The largest absolute Gasteiger partial charge is 0.388 e. The Bertz CT molecular complexity index is 377. The number of rotatable bonds is 3. The van der Waals surface area contributed by atoms with Gasteiger partial charge in [0.2, 0.25) is 0 Å². The van der Waals surface area contributed by atoms with Crippen molar-refractivity contribution in [3.05, 3.63) is 0 Å². The molecule has 0 aromatic rings. The molecule has 0 atom stereocenters. The molecule has 1 N–H and O–H groups in total. The lowest BCUT2D eigenvalue weighted by molar-refractivity contribution is -0.113. The smallest absolute Gasteiger partial charge is 0.0860 e. The molecule has 2 fully saturated rings. The number of hydrogen-bond donors (Lipinski definition) is 1. The van der Waals surface area contributed by atoms with E-state index in [1.54, 1.807) is 0 Å². The Labute approximate surface area is 130 Å². The van der Waals surface area contributed by atoms with Crippen LogP contribution in [-0.2, 0) is 0 Å². The SMILES string of the molecule is CC(C)C1CCC(O)(C2(C#N)CCC(C(C)C)CC2)CC1. The van der Waals surface area contributed by atoms with Gasteiger partial charge in [-0.2, -0.15) is 5.26 Å². The second kappa shape index (κ2) is 6.29. The standard InChI is InChI=1S/C19H33NO/c1-14(2)16-5-9-18(13-20,10-6-16)19(21)11-7-17(8-12-19)15(3)4/h14-17,21H,5-12H2,1-4H3. The quantitative estimate of drug-likeness (QED) is 0.802. The molecule has 0 aromatic carbocycles. The predicted molar refractivity (Wildman–Crippen MR) is 86.6 cm³/mol. The van der Waals surface area contributed by atoms with Crippen molar-refractivity contribution in [3.63, 3.8) is 0 Å². The van der Waals surface area contributed by atoms with Gasteiger partial charge in [0.05, 0.1) is 17.1 Å². The van der Waals surface area contributed by atoms with Crippen molar-refractivity contribution in [2.75, 3.05) is 0 Å². The molecule has 2 rings (SSSR count). The van der Waals surface area contributed by atoms with Gasteiger partial charge in [-0.25, -0.2) is 0 Å². The van der Waals surface area contributed by atoms with Crippen LogP contribution >= 0.6 is 0 Å². The summed E-state index contributed by atoms with van der Waals surface area (Å²) in [5.74, 6) is 2.87. The monoisotopic (exact) mass is 291 g/mol. The fourth-order valence-corrected chi connectivity index (χ4v) is 4.74. The van der Waals surface area contributed by atoms with E-state index >= 15 is 0 Å². The zero-order valence-corrected chi connectivity index (χ0v) is 14.4. The lowest BCUT2D eigenvalue weighted by atomic mass is 9.56. The van der Waals surface area contributed by atoms with Crippen LogP contribution in [0.1, 0.15) is 79.1 Å². The molecule has 0 heterocycles. The topological polar surface area (TPSA) is 44.0 Å². The van der Waals surface area contributed by atoms with E-state index in [1.807, 2.05) is 0 Å². The van der Waals surface area contributed by atoms with Crippen molar-refractivity contribution < 1.29 is 5.11 Å². The minimum Gasteiger partial charge on any atom is -0.388 e. The van der Waals surface area contributed by atoms with Crippen molar-refractivity contribution in [1.29, 1.82) is 5.26 Å². The van der Waals surface area contributed by atoms with Gasteiger partial charge in [-0.15, -0.1) is 0 Å². The zero-order chi connectivity index (χ0) is 15.7. The highest BCUT2D eigenvalue weighted by Crippen LogP contribution is 2.53. The fourth-order valence-electron chi connectivity index (χ4n) is 4.74. The molecule has 0 aromatic heterocycles. The highest BCUT2D eigenvalue weighted by molar-refractivity contribution is 5.14. The maximum absolute atomic E-state index is 11.2. The van der Waals surface area contributed by atoms with Crippen LogP contribution < -0.4 is 0 Å². The fraction of sp³-hybridized carbons (Fsp3) is 0.947. The van der Waals surface area contributed by atoms with Crippen molar-refractivity contribution >= 4 is 0 Å². The molecule has 2 heteroatoms. The first-order valence-electron chi connectivity index (χ1n) is 8.97. The van der Waals surface area contributed by atoms with E-state index in [0.29, 0.717) is 11.8 Å². The summed E-state index contributed by atoms with van der Waals surface area (Å²) in [6.07, 6.45) is 7.86. The van der Waals surface area contributed by atoms with E-state index in [-0.39, 0.29) is 0 Å². The molecule has 2 nitrogen and oxygen atoms in total. The summed E-state index contributed by atoms with van der Waals surface area (Å²) >= 11 is 0. The summed E-state index contributed by atoms with van der Waals surface area (Å²) in [6, 6.07) is 2.58. The van der Waals surface area contributed by atoms with E-state index in [0.717, 1.165) is 63.2 Å². The van der Waals surface area contributed by atoms with Crippen molar-refractivity contribution in [3.8, 4) is 6.07 Å². The van der Waals surface area contributed by atoms with Crippen LogP contribution in [0.5, 0.6) is 0 Å². The molecule has 0 amide bonds. The molecule has 21 heavy (non-hydrogen) atoms. The van der Waals surface area contributed by atoms with E-state index in [9.17, 15) is 10.4 Å². The van der Waals surface area contributed by atoms with Crippen LogP contribution in [0, 0.1) is 40.4 Å². The summed E-state index contributed by atoms with van der Waals surface area (Å²) in [7, 11) is 0. The van der Waals surface area contributed by atoms with Gasteiger partial charge in [-0.05, 0) is 75.0 Å². The summed E-state index contributed by atoms with van der Waals surface area (Å²) in [6.45, 7) is 9.13. The van der Waals surface area contributed by atoms with E-state index in [2.05, 4.69) is 33.8 Å². The maximum atomic E-state index is 11.2. The summed E-state index contributed by atoms with van der Waals surface area (Å²) in [5, 5.41) is 21.1. The third kappa shape index (κ3) is 3.14. The highest BCUT2D eigenvalue weighted by atomic mass is 16.3. The van der Waals surface area contributed by atoms with Gasteiger partial charge in [0.15, 0.2) is 0 Å². The van der Waals surface area contributed by atoms with Crippen molar-refractivity contribution in [1.82, 2.24) is 0 Å². The second-order valence-electron chi connectivity index (χ2n) is 8.39. The number of nitriles is 1. The minimum absolute atomic E-state index is 0.472. The molecule has 2 saturated carbocycles. The van der Waals surface area contributed by atoms with Gasteiger partial charge in [0.25, 0.3) is 0 Å². The van der Waals surface area contributed by atoms with Gasteiger partial charge >= 0.3 is 0 Å². The molecule has 0 unspecified atom stereocenters. The van der Waals surface area contributed by atoms with Gasteiger partial charge in [-0.3, -0.25) is 0 Å². The van der Waals surface area contributed by atoms with E-state index < -0.39 is 11.0 Å². The Balaban J connectivity index is 2.06. The molecule has 0 spiro atoms. The molecule has 0 bridgehead atoms. The lowest BCUT2D eigenvalue weighted by Gasteiger charge is -2.50. The molecule has 120 valence electrons. The van der Waals surface area contributed by atoms with Crippen LogP contribution in [0.25, 0.3) is 0 Å². The lowest BCUT2D eigenvalue weighted by Crippen LogP contribution is -2.52. The average Bonchev–Trinajstić information content (AvgIpc) is 2.47. The Hall–Kier alpha value is -0.550. The molecule has 0 radical (unpaired) electrons. The predicted octanol–water partition coefficient (Wildman–Crippen LogP) is 4.92. The first-order chi connectivity index (χ1) is 9.83. The third-order valence-electron chi connectivity index (χ3n) is 6.73. The van der Waals surface area contributed by atoms with Gasteiger partial charge < -0.3 is 5.11 Å². The summed E-state index contributed by atoms with van der Waals surface area (Å²) in [4.78, 5) is 0. The molecule has 0 aliphatic heterocycles.